The first-order chi connectivity index (χ1) is 10.7. The van der Waals surface area contributed by atoms with E-state index in [0.717, 1.165) is 17.3 Å². The van der Waals surface area contributed by atoms with Gasteiger partial charge in [0.25, 0.3) is 0 Å². The Hall–Kier alpha value is -2.08. The van der Waals surface area contributed by atoms with Gasteiger partial charge < -0.3 is 4.42 Å². The van der Waals surface area contributed by atoms with E-state index in [9.17, 15) is 0 Å². The predicted octanol–water partition coefficient (Wildman–Crippen LogP) is 3.73. The molecule has 0 spiro atoms. The van der Waals surface area contributed by atoms with E-state index in [2.05, 4.69) is 51.8 Å². The summed E-state index contributed by atoms with van der Waals surface area (Å²) in [6.07, 6.45) is 4.56. The van der Waals surface area contributed by atoms with Crippen molar-refractivity contribution in [1.29, 1.82) is 0 Å². The van der Waals surface area contributed by atoms with Crippen LogP contribution in [-0.2, 0) is 12.2 Å². The molecule has 0 saturated carbocycles. The Balaban J connectivity index is 1.81. The highest BCUT2D eigenvalue weighted by Gasteiger charge is 2.11. The number of aryl methyl sites for hydroxylation is 2. The highest BCUT2D eigenvalue weighted by atomic mass is 32.2. The molecule has 5 nitrogen and oxygen atoms in total. The van der Waals surface area contributed by atoms with Gasteiger partial charge in [0.15, 0.2) is 5.16 Å². The Labute approximate surface area is 133 Å². The summed E-state index contributed by atoms with van der Waals surface area (Å²) in [4.78, 5) is 4.44. The molecule has 0 N–H and O–H groups in total. The minimum atomic E-state index is 0.620. The van der Waals surface area contributed by atoms with Crippen molar-refractivity contribution in [2.45, 2.75) is 38.1 Å². The summed E-state index contributed by atoms with van der Waals surface area (Å²) >= 11 is 1.60. The van der Waals surface area contributed by atoms with Gasteiger partial charge in [-0.1, -0.05) is 30.8 Å². The average Bonchev–Trinajstić information content (AvgIpc) is 3.16. The van der Waals surface area contributed by atoms with Crippen LogP contribution in [0.2, 0.25) is 0 Å². The highest BCUT2D eigenvalue weighted by Crippen LogP contribution is 2.26. The molecule has 114 valence electrons. The summed E-state index contributed by atoms with van der Waals surface area (Å²) in [7, 11) is 0. The van der Waals surface area contributed by atoms with Gasteiger partial charge >= 0.3 is 0 Å². The fourth-order valence-electron chi connectivity index (χ4n) is 2.19. The Morgan fingerprint density at radius 1 is 1.18 bits per heavy atom. The van der Waals surface area contributed by atoms with Crippen molar-refractivity contribution in [2.75, 3.05) is 0 Å². The van der Waals surface area contributed by atoms with Crippen LogP contribution in [0, 0.1) is 13.8 Å². The lowest BCUT2D eigenvalue weighted by molar-refractivity contribution is 0.470. The van der Waals surface area contributed by atoms with Crippen molar-refractivity contribution >= 4 is 11.8 Å². The number of rotatable bonds is 5. The molecule has 0 bridgehead atoms. The molecule has 0 atom stereocenters. The van der Waals surface area contributed by atoms with Gasteiger partial charge in [0.05, 0.1) is 11.4 Å². The topological polar surface area (TPSA) is 56.7 Å². The minimum Gasteiger partial charge on any atom is -0.424 e. The van der Waals surface area contributed by atoms with Gasteiger partial charge in [0.2, 0.25) is 11.8 Å². The molecule has 0 fully saturated rings. The normalized spacial score (nSPS) is 11.0. The molecule has 0 saturated heterocycles. The number of thioether (sulfide) groups is 1. The van der Waals surface area contributed by atoms with Crippen LogP contribution >= 0.6 is 11.8 Å². The molecule has 0 aliphatic rings. The third-order valence-corrected chi connectivity index (χ3v) is 4.53. The van der Waals surface area contributed by atoms with Gasteiger partial charge in [0.1, 0.15) is 0 Å². The van der Waals surface area contributed by atoms with E-state index >= 15 is 0 Å². The second-order valence-electron chi connectivity index (χ2n) is 5.03. The summed E-state index contributed by atoms with van der Waals surface area (Å²) in [5, 5.41) is 8.95. The molecule has 0 unspecified atom stereocenters. The van der Waals surface area contributed by atoms with E-state index in [1.54, 1.807) is 11.8 Å². The fraction of sp³-hybridized carbons (Fsp3) is 0.312. The number of imidazole rings is 1. The van der Waals surface area contributed by atoms with E-state index in [-0.39, 0.29) is 0 Å². The smallest absolute Gasteiger partial charge is 0.226 e. The molecular weight excluding hydrogens is 296 g/mol. The molecule has 22 heavy (non-hydrogen) atoms. The molecule has 0 aliphatic heterocycles. The van der Waals surface area contributed by atoms with Crippen LogP contribution < -0.4 is 0 Å². The third kappa shape index (κ3) is 2.92. The van der Waals surface area contributed by atoms with Crippen molar-refractivity contribution in [2.24, 2.45) is 0 Å². The molecular formula is C16H18N4OS. The zero-order chi connectivity index (χ0) is 15.5. The summed E-state index contributed by atoms with van der Waals surface area (Å²) in [5.74, 6) is 1.93. The predicted molar refractivity (Wildman–Crippen MR) is 86.3 cm³/mol. The zero-order valence-corrected chi connectivity index (χ0v) is 13.7. The molecule has 2 aromatic heterocycles. The lowest BCUT2D eigenvalue weighted by Gasteiger charge is -2.11. The van der Waals surface area contributed by atoms with Crippen LogP contribution in [0.15, 0.2) is 40.2 Å². The second kappa shape index (κ2) is 6.36. The fourth-order valence-corrected chi connectivity index (χ4v) is 3.00. The molecule has 6 heteroatoms. The van der Waals surface area contributed by atoms with Crippen molar-refractivity contribution in [3.05, 3.63) is 53.5 Å². The van der Waals surface area contributed by atoms with E-state index in [4.69, 9.17) is 4.42 Å². The Bertz CT molecular complexity index is 778. The number of aromatic nitrogens is 4. The molecule has 0 aliphatic carbocycles. The quantitative estimate of drug-likeness (QED) is 0.672. The molecule has 0 radical (unpaired) electrons. The molecule has 3 aromatic rings. The first-order valence-corrected chi connectivity index (χ1v) is 8.21. The van der Waals surface area contributed by atoms with Crippen LogP contribution in [0.1, 0.15) is 29.8 Å². The second-order valence-corrected chi connectivity index (χ2v) is 5.97. The number of benzene rings is 1. The van der Waals surface area contributed by atoms with E-state index < -0.39 is 0 Å². The summed E-state index contributed by atoms with van der Waals surface area (Å²) in [6.45, 7) is 6.25. The molecule has 0 amide bonds. The van der Waals surface area contributed by atoms with Crippen LogP contribution in [-0.4, -0.2) is 19.7 Å². The van der Waals surface area contributed by atoms with E-state index in [0.29, 0.717) is 17.5 Å². The zero-order valence-electron chi connectivity index (χ0n) is 12.9. The first-order valence-electron chi connectivity index (χ1n) is 7.23. The number of nitrogens with zero attached hydrogens (tertiary/aromatic N) is 4. The van der Waals surface area contributed by atoms with Crippen molar-refractivity contribution in [3.63, 3.8) is 0 Å². The monoisotopic (exact) mass is 314 g/mol. The third-order valence-electron chi connectivity index (χ3n) is 3.58. The highest BCUT2D eigenvalue weighted by molar-refractivity contribution is 7.98. The van der Waals surface area contributed by atoms with Gasteiger partial charge in [-0.3, -0.25) is 4.57 Å². The Morgan fingerprint density at radius 2 is 2.00 bits per heavy atom. The van der Waals surface area contributed by atoms with Crippen LogP contribution in [0.25, 0.3) is 5.69 Å². The van der Waals surface area contributed by atoms with Gasteiger partial charge in [-0.05, 0) is 31.0 Å². The Kier molecular flexibility index (Phi) is 4.29. The van der Waals surface area contributed by atoms with Crippen LogP contribution in [0.4, 0.5) is 0 Å². The molecule has 1 aromatic carbocycles. The lowest BCUT2D eigenvalue weighted by atomic mass is 10.1. The van der Waals surface area contributed by atoms with Crippen molar-refractivity contribution in [1.82, 2.24) is 19.7 Å². The minimum absolute atomic E-state index is 0.620. The average molecular weight is 314 g/mol. The number of hydrogen-bond donors (Lipinski definition) is 0. The maximum absolute atomic E-state index is 5.54. The van der Waals surface area contributed by atoms with E-state index in [1.165, 1.54) is 11.1 Å². The summed E-state index contributed by atoms with van der Waals surface area (Å²) < 4.78 is 7.64. The van der Waals surface area contributed by atoms with Crippen LogP contribution in [0.5, 0.6) is 0 Å². The standard InChI is InChI=1S/C16H18N4OS/c1-4-14-18-19-15(21-14)10-22-16-17-8-9-20(16)13-7-5-6-11(2)12(13)3/h5-9H,4,10H2,1-3H3. The summed E-state index contributed by atoms with van der Waals surface area (Å²) in [5.41, 5.74) is 3.68. The maximum atomic E-state index is 5.54. The van der Waals surface area contributed by atoms with Gasteiger partial charge in [-0.25, -0.2) is 4.98 Å². The van der Waals surface area contributed by atoms with Crippen molar-refractivity contribution < 1.29 is 4.42 Å². The van der Waals surface area contributed by atoms with E-state index in [1.807, 2.05) is 19.3 Å². The van der Waals surface area contributed by atoms with Crippen molar-refractivity contribution in [3.8, 4) is 5.69 Å². The molecule has 2 heterocycles. The molecule has 3 rings (SSSR count). The van der Waals surface area contributed by atoms with Gasteiger partial charge in [0, 0.05) is 18.8 Å². The van der Waals surface area contributed by atoms with Gasteiger partial charge in [-0.2, -0.15) is 0 Å². The first kappa shape index (κ1) is 14.8. The SMILES string of the molecule is CCc1nnc(CSc2nccn2-c2cccc(C)c2C)o1. The Morgan fingerprint density at radius 3 is 2.77 bits per heavy atom. The van der Waals surface area contributed by atoms with Crippen LogP contribution in [0.3, 0.4) is 0 Å². The maximum Gasteiger partial charge on any atom is 0.226 e. The summed E-state index contributed by atoms with van der Waals surface area (Å²) in [6, 6.07) is 6.29. The lowest BCUT2D eigenvalue weighted by Crippen LogP contribution is -1.99. The van der Waals surface area contributed by atoms with Gasteiger partial charge in [-0.15, -0.1) is 10.2 Å². The number of hydrogen-bond acceptors (Lipinski definition) is 5. The largest absolute Gasteiger partial charge is 0.424 e.